The standard InChI is InChI=1S/C21H24N2O3/c1-4-23(5-2)21(25)17-9-11-18(12-10-17)22-20(24)15-8-16-6-13-19(26-3)14-7-16/h6-15H,4-5H2,1-3H3,(H,22,24)/b15-8+. The van der Waals surface area contributed by atoms with E-state index in [0.29, 0.717) is 24.3 Å². The lowest BCUT2D eigenvalue weighted by atomic mass is 10.1. The fourth-order valence-electron chi connectivity index (χ4n) is 2.46. The van der Waals surface area contributed by atoms with E-state index in [-0.39, 0.29) is 11.8 Å². The van der Waals surface area contributed by atoms with E-state index in [4.69, 9.17) is 4.74 Å². The Labute approximate surface area is 154 Å². The maximum absolute atomic E-state index is 12.3. The Morgan fingerprint density at radius 3 is 2.15 bits per heavy atom. The molecule has 0 bridgehead atoms. The van der Waals surface area contributed by atoms with E-state index in [1.54, 1.807) is 42.4 Å². The Hall–Kier alpha value is -3.08. The number of hydrogen-bond donors (Lipinski definition) is 1. The van der Waals surface area contributed by atoms with Crippen LogP contribution in [0.5, 0.6) is 5.75 Å². The van der Waals surface area contributed by atoms with Gasteiger partial charge in [0.05, 0.1) is 7.11 Å². The minimum atomic E-state index is -0.233. The molecule has 5 heteroatoms. The number of nitrogens with zero attached hydrogens (tertiary/aromatic N) is 1. The maximum Gasteiger partial charge on any atom is 0.253 e. The highest BCUT2D eigenvalue weighted by molar-refractivity contribution is 6.02. The Bertz CT molecular complexity index is 761. The molecule has 0 aliphatic carbocycles. The fraction of sp³-hybridized carbons (Fsp3) is 0.238. The Balaban J connectivity index is 1.96. The number of nitrogens with one attached hydrogen (secondary N) is 1. The molecule has 0 spiro atoms. The number of carbonyl (C=O) groups excluding carboxylic acids is 2. The summed E-state index contributed by atoms with van der Waals surface area (Å²) < 4.78 is 5.10. The second-order valence-electron chi connectivity index (χ2n) is 5.65. The predicted molar refractivity (Wildman–Crippen MR) is 104 cm³/mol. The van der Waals surface area contributed by atoms with Gasteiger partial charge < -0.3 is 15.0 Å². The zero-order valence-electron chi connectivity index (χ0n) is 15.4. The van der Waals surface area contributed by atoms with E-state index in [1.807, 2.05) is 38.1 Å². The van der Waals surface area contributed by atoms with Crippen LogP contribution in [0, 0.1) is 0 Å². The molecular weight excluding hydrogens is 328 g/mol. The predicted octanol–water partition coefficient (Wildman–Crippen LogP) is 3.83. The van der Waals surface area contributed by atoms with Crippen molar-refractivity contribution in [3.05, 3.63) is 65.7 Å². The average molecular weight is 352 g/mol. The van der Waals surface area contributed by atoms with Crippen molar-refractivity contribution in [2.45, 2.75) is 13.8 Å². The number of benzene rings is 2. The van der Waals surface area contributed by atoms with Gasteiger partial charge in [-0.2, -0.15) is 0 Å². The van der Waals surface area contributed by atoms with Gasteiger partial charge >= 0.3 is 0 Å². The zero-order chi connectivity index (χ0) is 18.9. The smallest absolute Gasteiger partial charge is 0.253 e. The number of carbonyl (C=O) groups is 2. The van der Waals surface area contributed by atoms with Crippen LogP contribution >= 0.6 is 0 Å². The Morgan fingerprint density at radius 2 is 1.62 bits per heavy atom. The first-order chi connectivity index (χ1) is 12.6. The molecule has 5 nitrogen and oxygen atoms in total. The van der Waals surface area contributed by atoms with E-state index in [9.17, 15) is 9.59 Å². The Kier molecular flexibility index (Phi) is 6.97. The monoisotopic (exact) mass is 352 g/mol. The van der Waals surface area contributed by atoms with Gasteiger partial charge in [-0.15, -0.1) is 0 Å². The number of rotatable bonds is 7. The van der Waals surface area contributed by atoms with Gasteiger partial charge in [-0.05, 0) is 61.9 Å². The molecule has 0 aliphatic heterocycles. The van der Waals surface area contributed by atoms with Crippen molar-refractivity contribution in [3.8, 4) is 5.75 Å². The molecule has 26 heavy (non-hydrogen) atoms. The molecular formula is C21H24N2O3. The highest BCUT2D eigenvalue weighted by Crippen LogP contribution is 2.14. The highest BCUT2D eigenvalue weighted by Gasteiger charge is 2.12. The molecule has 2 aromatic carbocycles. The summed E-state index contributed by atoms with van der Waals surface area (Å²) in [6.45, 7) is 5.24. The van der Waals surface area contributed by atoms with Crippen LogP contribution in [-0.4, -0.2) is 36.9 Å². The van der Waals surface area contributed by atoms with Crippen molar-refractivity contribution in [1.82, 2.24) is 4.90 Å². The summed E-state index contributed by atoms with van der Waals surface area (Å²) in [5, 5.41) is 2.78. The van der Waals surface area contributed by atoms with E-state index in [0.717, 1.165) is 11.3 Å². The molecule has 1 N–H and O–H groups in total. The molecule has 0 aromatic heterocycles. The van der Waals surface area contributed by atoms with Crippen molar-refractivity contribution < 1.29 is 14.3 Å². The van der Waals surface area contributed by atoms with Crippen LogP contribution in [0.1, 0.15) is 29.8 Å². The van der Waals surface area contributed by atoms with Gasteiger partial charge in [0.2, 0.25) is 5.91 Å². The topological polar surface area (TPSA) is 58.6 Å². The summed E-state index contributed by atoms with van der Waals surface area (Å²) in [4.78, 5) is 26.0. The second kappa shape index (κ2) is 9.42. The first-order valence-corrected chi connectivity index (χ1v) is 8.59. The third kappa shape index (κ3) is 5.21. The van der Waals surface area contributed by atoms with E-state index in [1.165, 1.54) is 6.08 Å². The summed E-state index contributed by atoms with van der Waals surface area (Å²) >= 11 is 0. The third-order valence-electron chi connectivity index (χ3n) is 3.99. The van der Waals surface area contributed by atoms with Crippen LogP contribution in [0.2, 0.25) is 0 Å². The van der Waals surface area contributed by atoms with Crippen molar-refractivity contribution in [2.24, 2.45) is 0 Å². The van der Waals surface area contributed by atoms with E-state index < -0.39 is 0 Å². The second-order valence-corrected chi connectivity index (χ2v) is 5.65. The van der Waals surface area contributed by atoms with Gasteiger partial charge in [-0.1, -0.05) is 12.1 Å². The Morgan fingerprint density at radius 1 is 1.00 bits per heavy atom. The molecule has 2 rings (SSSR count). The molecule has 2 amide bonds. The van der Waals surface area contributed by atoms with E-state index in [2.05, 4.69) is 5.32 Å². The number of hydrogen-bond acceptors (Lipinski definition) is 3. The molecule has 0 unspecified atom stereocenters. The van der Waals surface area contributed by atoms with Crippen molar-refractivity contribution in [1.29, 1.82) is 0 Å². The van der Waals surface area contributed by atoms with Crippen LogP contribution < -0.4 is 10.1 Å². The van der Waals surface area contributed by atoms with Crippen molar-refractivity contribution >= 4 is 23.6 Å². The summed E-state index contributed by atoms with van der Waals surface area (Å²) in [6, 6.07) is 14.3. The van der Waals surface area contributed by atoms with Gasteiger partial charge in [-0.3, -0.25) is 9.59 Å². The van der Waals surface area contributed by atoms with Crippen LogP contribution in [0.3, 0.4) is 0 Å². The number of methoxy groups -OCH3 is 1. The molecule has 0 radical (unpaired) electrons. The number of ether oxygens (including phenoxy) is 1. The minimum absolute atomic E-state index is 0.00715. The lowest BCUT2D eigenvalue weighted by molar-refractivity contribution is -0.111. The summed E-state index contributed by atoms with van der Waals surface area (Å²) in [6.07, 6.45) is 3.20. The molecule has 0 heterocycles. The molecule has 0 saturated heterocycles. The maximum atomic E-state index is 12.3. The molecule has 0 saturated carbocycles. The van der Waals surface area contributed by atoms with Gasteiger partial charge in [0, 0.05) is 30.4 Å². The first kappa shape index (κ1) is 19.2. The van der Waals surface area contributed by atoms with Gasteiger partial charge in [0.15, 0.2) is 0 Å². The van der Waals surface area contributed by atoms with Gasteiger partial charge in [0.1, 0.15) is 5.75 Å². The zero-order valence-corrected chi connectivity index (χ0v) is 15.4. The molecule has 2 aromatic rings. The van der Waals surface area contributed by atoms with Crippen molar-refractivity contribution in [3.63, 3.8) is 0 Å². The van der Waals surface area contributed by atoms with Gasteiger partial charge in [-0.25, -0.2) is 0 Å². The number of anilines is 1. The summed E-state index contributed by atoms with van der Waals surface area (Å²) in [7, 11) is 1.61. The van der Waals surface area contributed by atoms with Crippen molar-refractivity contribution in [2.75, 3.05) is 25.5 Å². The van der Waals surface area contributed by atoms with Crippen LogP contribution in [0.25, 0.3) is 6.08 Å². The lowest BCUT2D eigenvalue weighted by Gasteiger charge is -2.18. The molecule has 0 fully saturated rings. The molecule has 0 atom stereocenters. The third-order valence-corrected chi connectivity index (χ3v) is 3.99. The van der Waals surface area contributed by atoms with E-state index >= 15 is 0 Å². The normalized spacial score (nSPS) is 10.6. The van der Waals surface area contributed by atoms with Crippen LogP contribution in [0.4, 0.5) is 5.69 Å². The highest BCUT2D eigenvalue weighted by atomic mass is 16.5. The lowest BCUT2D eigenvalue weighted by Crippen LogP contribution is -2.30. The SMILES string of the molecule is CCN(CC)C(=O)c1ccc(NC(=O)/C=C/c2ccc(OC)cc2)cc1. The quantitative estimate of drug-likeness (QED) is 0.771. The molecule has 136 valence electrons. The van der Waals surface area contributed by atoms with Gasteiger partial charge in [0.25, 0.3) is 5.91 Å². The van der Waals surface area contributed by atoms with Crippen LogP contribution in [-0.2, 0) is 4.79 Å². The number of amides is 2. The average Bonchev–Trinajstić information content (AvgIpc) is 2.68. The van der Waals surface area contributed by atoms with Crippen LogP contribution in [0.15, 0.2) is 54.6 Å². The molecule has 0 aliphatic rings. The fourth-order valence-corrected chi connectivity index (χ4v) is 2.46. The first-order valence-electron chi connectivity index (χ1n) is 8.59. The minimum Gasteiger partial charge on any atom is -0.497 e. The largest absolute Gasteiger partial charge is 0.497 e. The summed E-state index contributed by atoms with van der Waals surface area (Å²) in [5.74, 6) is 0.530. The summed E-state index contributed by atoms with van der Waals surface area (Å²) in [5.41, 5.74) is 2.16.